The summed E-state index contributed by atoms with van der Waals surface area (Å²) in [5, 5.41) is 0.214. The van der Waals surface area contributed by atoms with Gasteiger partial charge in [0.05, 0.1) is 36.6 Å². The Kier molecular flexibility index (Phi) is 9.95. The molecule has 0 heterocycles. The molecule has 4 aromatic carbocycles. The van der Waals surface area contributed by atoms with Crippen LogP contribution in [0.3, 0.4) is 0 Å². The van der Waals surface area contributed by atoms with E-state index in [1.165, 1.54) is 19.2 Å². The molecule has 0 radical (unpaired) electrons. The van der Waals surface area contributed by atoms with E-state index < -0.39 is 18.6 Å². The standard InChI is InChI=1S/C31H27Cl2NO7/c1-4-39-29(35)19-34(31(36)41-23-12-10-22(37-2)11-13-23)21-16-26(32)30(27(33)17-21)40-24-14-15-28(38-3)25(18-24)20-8-6-5-7-9-20/h5-18H,4,19H2,1-3H3. The van der Waals surface area contributed by atoms with Gasteiger partial charge in [-0.05, 0) is 67.1 Å². The lowest BCUT2D eigenvalue weighted by atomic mass is 10.0. The molecule has 0 aliphatic heterocycles. The van der Waals surface area contributed by atoms with E-state index in [9.17, 15) is 9.59 Å². The number of esters is 1. The summed E-state index contributed by atoms with van der Waals surface area (Å²) in [7, 11) is 3.12. The minimum Gasteiger partial charge on any atom is -0.497 e. The van der Waals surface area contributed by atoms with Gasteiger partial charge in [0.2, 0.25) is 0 Å². The number of benzene rings is 4. The highest BCUT2D eigenvalue weighted by Crippen LogP contribution is 2.42. The van der Waals surface area contributed by atoms with E-state index in [0.29, 0.717) is 17.2 Å². The third-order valence-corrected chi connectivity index (χ3v) is 6.41. The third kappa shape index (κ3) is 7.42. The van der Waals surface area contributed by atoms with Crippen molar-refractivity contribution in [1.82, 2.24) is 0 Å². The quantitative estimate of drug-likeness (QED) is 0.171. The first-order valence-electron chi connectivity index (χ1n) is 12.5. The normalized spacial score (nSPS) is 10.5. The van der Waals surface area contributed by atoms with Crippen LogP contribution in [0.5, 0.6) is 28.7 Å². The highest BCUT2D eigenvalue weighted by Gasteiger charge is 2.25. The van der Waals surface area contributed by atoms with Gasteiger partial charge >= 0.3 is 12.1 Å². The molecule has 0 atom stereocenters. The number of rotatable bonds is 10. The average Bonchev–Trinajstić information content (AvgIpc) is 2.98. The van der Waals surface area contributed by atoms with Crippen LogP contribution in [0.15, 0.2) is 84.9 Å². The summed E-state index contributed by atoms with van der Waals surface area (Å²) in [5.74, 6) is 1.49. The Balaban J connectivity index is 1.63. The fourth-order valence-electron chi connectivity index (χ4n) is 3.91. The van der Waals surface area contributed by atoms with Crippen LogP contribution in [0.1, 0.15) is 6.92 Å². The van der Waals surface area contributed by atoms with Crippen LogP contribution >= 0.6 is 23.2 Å². The Labute approximate surface area is 247 Å². The van der Waals surface area contributed by atoms with Gasteiger partial charge in [-0.15, -0.1) is 0 Å². The molecule has 0 aliphatic rings. The van der Waals surface area contributed by atoms with E-state index in [0.717, 1.165) is 16.0 Å². The maximum atomic E-state index is 13.2. The van der Waals surface area contributed by atoms with E-state index in [1.807, 2.05) is 36.4 Å². The van der Waals surface area contributed by atoms with Gasteiger partial charge in [-0.1, -0.05) is 53.5 Å². The topological polar surface area (TPSA) is 83.5 Å². The van der Waals surface area contributed by atoms with Crippen LogP contribution in [0.25, 0.3) is 11.1 Å². The fraction of sp³-hybridized carbons (Fsp3) is 0.161. The first-order chi connectivity index (χ1) is 19.8. The molecule has 212 valence electrons. The molecule has 4 aromatic rings. The van der Waals surface area contributed by atoms with Gasteiger partial charge in [-0.25, -0.2) is 4.79 Å². The lowest BCUT2D eigenvalue weighted by molar-refractivity contribution is -0.141. The van der Waals surface area contributed by atoms with Crippen molar-refractivity contribution in [1.29, 1.82) is 0 Å². The van der Waals surface area contributed by atoms with Gasteiger partial charge in [-0.2, -0.15) is 0 Å². The van der Waals surface area contributed by atoms with Crippen molar-refractivity contribution in [3.05, 3.63) is 95.0 Å². The number of carbonyl (C=O) groups excluding carboxylic acids is 2. The molecule has 10 heteroatoms. The van der Waals surface area contributed by atoms with Crippen molar-refractivity contribution in [2.24, 2.45) is 0 Å². The molecule has 0 bridgehead atoms. The lowest BCUT2D eigenvalue weighted by Crippen LogP contribution is -2.38. The number of carbonyl (C=O) groups is 2. The molecule has 4 rings (SSSR count). The summed E-state index contributed by atoms with van der Waals surface area (Å²) in [5.41, 5.74) is 1.96. The molecule has 0 unspecified atom stereocenters. The minimum absolute atomic E-state index is 0.107. The summed E-state index contributed by atoms with van der Waals surface area (Å²) < 4.78 is 27.3. The molecule has 0 aromatic heterocycles. The molecule has 0 N–H and O–H groups in total. The van der Waals surface area contributed by atoms with Crippen LogP contribution in [0.4, 0.5) is 10.5 Å². The van der Waals surface area contributed by atoms with Gasteiger partial charge in [0.25, 0.3) is 0 Å². The zero-order valence-corrected chi connectivity index (χ0v) is 24.1. The van der Waals surface area contributed by atoms with Crippen molar-refractivity contribution < 1.29 is 33.3 Å². The molecule has 1 amide bonds. The number of hydrogen-bond acceptors (Lipinski definition) is 7. The number of nitrogens with zero attached hydrogens (tertiary/aromatic N) is 1. The van der Waals surface area contributed by atoms with E-state index in [1.54, 1.807) is 50.4 Å². The third-order valence-electron chi connectivity index (χ3n) is 5.85. The minimum atomic E-state index is -0.841. The van der Waals surface area contributed by atoms with Crippen LogP contribution in [0, 0.1) is 0 Å². The van der Waals surface area contributed by atoms with Gasteiger partial charge in [-0.3, -0.25) is 9.69 Å². The molecule has 41 heavy (non-hydrogen) atoms. The summed E-state index contributed by atoms with van der Waals surface area (Å²) in [6, 6.07) is 24.3. The molecular formula is C31H27Cl2NO7. The molecule has 0 aliphatic carbocycles. The zero-order chi connectivity index (χ0) is 29.4. The van der Waals surface area contributed by atoms with Crippen LogP contribution < -0.4 is 23.8 Å². The number of anilines is 1. The summed E-state index contributed by atoms with van der Waals surface area (Å²) in [4.78, 5) is 26.6. The van der Waals surface area contributed by atoms with Gasteiger partial charge < -0.3 is 23.7 Å². The van der Waals surface area contributed by atoms with Gasteiger partial charge in [0.1, 0.15) is 29.5 Å². The fourth-order valence-corrected chi connectivity index (χ4v) is 4.46. The lowest BCUT2D eigenvalue weighted by Gasteiger charge is -2.22. The maximum absolute atomic E-state index is 13.2. The number of methoxy groups -OCH3 is 2. The summed E-state index contributed by atoms with van der Waals surface area (Å²) in [6.07, 6.45) is -0.841. The highest BCUT2D eigenvalue weighted by molar-refractivity contribution is 6.37. The monoisotopic (exact) mass is 595 g/mol. The first-order valence-corrected chi connectivity index (χ1v) is 13.3. The van der Waals surface area contributed by atoms with Crippen LogP contribution in [-0.4, -0.2) is 39.4 Å². The smallest absolute Gasteiger partial charge is 0.420 e. The number of hydrogen-bond donors (Lipinski definition) is 0. The largest absolute Gasteiger partial charge is 0.497 e. The number of halogens is 2. The number of ether oxygens (including phenoxy) is 5. The Morgan fingerprint density at radius 1 is 0.780 bits per heavy atom. The first kappa shape index (κ1) is 29.6. The SMILES string of the molecule is CCOC(=O)CN(C(=O)Oc1ccc(OC)cc1)c1cc(Cl)c(Oc2ccc(OC)c(-c3ccccc3)c2)c(Cl)c1. The Hall–Kier alpha value is -4.40. The molecule has 0 fully saturated rings. The molecule has 0 spiro atoms. The zero-order valence-electron chi connectivity index (χ0n) is 22.6. The van der Waals surface area contributed by atoms with Crippen LogP contribution in [-0.2, 0) is 9.53 Å². The second-order valence-electron chi connectivity index (χ2n) is 8.50. The van der Waals surface area contributed by atoms with Crippen molar-refractivity contribution in [3.8, 4) is 39.9 Å². The van der Waals surface area contributed by atoms with Crippen LogP contribution in [0.2, 0.25) is 10.0 Å². The Bertz CT molecular complexity index is 1490. The second kappa shape index (κ2) is 13.8. The molecular weight excluding hydrogens is 569 g/mol. The van der Waals surface area contributed by atoms with Crippen molar-refractivity contribution in [3.63, 3.8) is 0 Å². The van der Waals surface area contributed by atoms with Crippen molar-refractivity contribution in [2.45, 2.75) is 6.92 Å². The van der Waals surface area contributed by atoms with E-state index in [2.05, 4.69) is 0 Å². The molecule has 0 saturated heterocycles. The molecule has 0 saturated carbocycles. The number of amides is 1. The average molecular weight is 596 g/mol. The maximum Gasteiger partial charge on any atom is 0.420 e. The van der Waals surface area contributed by atoms with E-state index in [-0.39, 0.29) is 33.8 Å². The van der Waals surface area contributed by atoms with Gasteiger partial charge in [0.15, 0.2) is 5.75 Å². The van der Waals surface area contributed by atoms with E-state index in [4.69, 9.17) is 46.9 Å². The highest BCUT2D eigenvalue weighted by atomic mass is 35.5. The summed E-state index contributed by atoms with van der Waals surface area (Å²) >= 11 is 13.2. The molecule has 8 nitrogen and oxygen atoms in total. The van der Waals surface area contributed by atoms with Gasteiger partial charge in [0, 0.05) is 5.56 Å². The Morgan fingerprint density at radius 3 is 2.02 bits per heavy atom. The van der Waals surface area contributed by atoms with Crippen molar-refractivity contribution in [2.75, 3.05) is 32.3 Å². The predicted molar refractivity (Wildman–Crippen MR) is 158 cm³/mol. The summed E-state index contributed by atoms with van der Waals surface area (Å²) in [6.45, 7) is 1.37. The predicted octanol–water partition coefficient (Wildman–Crippen LogP) is 8.04. The van der Waals surface area contributed by atoms with E-state index >= 15 is 0 Å². The van der Waals surface area contributed by atoms with Crippen molar-refractivity contribution >= 4 is 41.0 Å². The Morgan fingerprint density at radius 2 is 1.41 bits per heavy atom. The second-order valence-corrected chi connectivity index (χ2v) is 9.32.